The lowest BCUT2D eigenvalue weighted by atomic mass is 10.0. The lowest BCUT2D eigenvalue weighted by Crippen LogP contribution is -1.90. The van der Waals surface area contributed by atoms with Crippen LogP contribution < -0.4 is 0 Å². The third kappa shape index (κ3) is 2.79. The second kappa shape index (κ2) is 6.05. The normalized spacial score (nSPS) is 10.7. The van der Waals surface area contributed by atoms with Crippen LogP contribution in [-0.4, -0.2) is 10.1 Å². The highest BCUT2D eigenvalue weighted by Gasteiger charge is 2.10. The van der Waals surface area contributed by atoms with E-state index in [1.165, 1.54) is 0 Å². The van der Waals surface area contributed by atoms with Gasteiger partial charge in [0, 0.05) is 5.56 Å². The second-order valence-electron chi connectivity index (χ2n) is 5.52. The molecule has 116 valence electrons. The predicted octanol–water partition coefficient (Wildman–Crippen LogP) is 5.38. The minimum Gasteiger partial charge on any atom is -0.508 e. The minimum absolute atomic E-state index is 0.240. The molecule has 0 saturated carbocycles. The Bertz CT molecular complexity index is 943. The zero-order valence-corrected chi connectivity index (χ0v) is 12.9. The molecule has 0 unspecified atom stereocenters. The van der Waals surface area contributed by atoms with Crippen molar-refractivity contribution in [2.24, 2.45) is 0 Å². The molecule has 2 heterocycles. The summed E-state index contributed by atoms with van der Waals surface area (Å²) in [5, 5.41) is 9.51. The van der Waals surface area contributed by atoms with Gasteiger partial charge in [0.1, 0.15) is 11.4 Å². The Kier molecular flexibility index (Phi) is 3.60. The number of rotatable bonds is 3. The fourth-order valence-corrected chi connectivity index (χ4v) is 2.66. The molecule has 2 aromatic heterocycles. The molecule has 1 N–H and O–H groups in total. The van der Waals surface area contributed by atoms with Crippen LogP contribution in [0.2, 0.25) is 0 Å². The molecule has 2 aromatic carbocycles. The molecule has 0 fully saturated rings. The van der Waals surface area contributed by atoms with E-state index in [1.807, 2.05) is 54.6 Å². The van der Waals surface area contributed by atoms with Crippen molar-refractivity contribution in [2.45, 2.75) is 0 Å². The molecule has 0 aliphatic carbocycles. The highest BCUT2D eigenvalue weighted by atomic mass is 16.3. The molecular formula is C21H15NO2. The standard InChI is InChI=1S/C21H15NO2/c23-18-10-8-16(9-11-18)19-13-17(15-5-2-1-3-6-15)14-20(22-19)21-7-4-12-24-21/h1-14,23H. The van der Waals surface area contributed by atoms with Gasteiger partial charge in [0.15, 0.2) is 5.76 Å². The summed E-state index contributed by atoms with van der Waals surface area (Å²) in [6.45, 7) is 0. The average molecular weight is 313 g/mol. The second-order valence-corrected chi connectivity index (χ2v) is 5.52. The lowest BCUT2D eigenvalue weighted by Gasteiger charge is -2.09. The van der Waals surface area contributed by atoms with Gasteiger partial charge in [-0.25, -0.2) is 4.98 Å². The highest BCUT2D eigenvalue weighted by Crippen LogP contribution is 2.30. The number of pyridine rings is 1. The van der Waals surface area contributed by atoms with Crippen molar-refractivity contribution in [3.05, 3.63) is 85.1 Å². The third-order valence-corrected chi connectivity index (χ3v) is 3.87. The molecule has 24 heavy (non-hydrogen) atoms. The van der Waals surface area contributed by atoms with Crippen LogP contribution in [0.25, 0.3) is 33.8 Å². The zero-order valence-electron chi connectivity index (χ0n) is 12.9. The van der Waals surface area contributed by atoms with E-state index in [0.29, 0.717) is 0 Å². The van der Waals surface area contributed by atoms with E-state index in [4.69, 9.17) is 9.40 Å². The van der Waals surface area contributed by atoms with E-state index in [9.17, 15) is 5.11 Å². The quantitative estimate of drug-likeness (QED) is 0.552. The Morgan fingerprint density at radius 3 is 2.12 bits per heavy atom. The van der Waals surface area contributed by atoms with Gasteiger partial charge in [0.25, 0.3) is 0 Å². The van der Waals surface area contributed by atoms with Gasteiger partial charge in [0.05, 0.1) is 12.0 Å². The summed E-state index contributed by atoms with van der Waals surface area (Å²) in [6, 6.07) is 25.1. The Morgan fingerprint density at radius 2 is 1.42 bits per heavy atom. The van der Waals surface area contributed by atoms with Crippen LogP contribution in [0.5, 0.6) is 5.75 Å². The first kappa shape index (κ1) is 14.3. The maximum atomic E-state index is 9.51. The minimum atomic E-state index is 0.240. The number of phenolic OH excluding ortho intramolecular Hbond substituents is 1. The molecule has 0 spiro atoms. The van der Waals surface area contributed by atoms with Gasteiger partial charge >= 0.3 is 0 Å². The van der Waals surface area contributed by atoms with E-state index in [-0.39, 0.29) is 5.75 Å². The van der Waals surface area contributed by atoms with Gasteiger partial charge in [0.2, 0.25) is 0 Å². The van der Waals surface area contributed by atoms with Gasteiger partial charge in [-0.3, -0.25) is 0 Å². The van der Waals surface area contributed by atoms with Crippen LogP contribution in [0.3, 0.4) is 0 Å². The molecule has 3 heteroatoms. The van der Waals surface area contributed by atoms with Crippen molar-refractivity contribution >= 4 is 0 Å². The van der Waals surface area contributed by atoms with Crippen LogP contribution in [0.4, 0.5) is 0 Å². The Balaban J connectivity index is 1.90. The van der Waals surface area contributed by atoms with Crippen LogP contribution >= 0.6 is 0 Å². The van der Waals surface area contributed by atoms with E-state index >= 15 is 0 Å². The van der Waals surface area contributed by atoms with Crippen molar-refractivity contribution in [1.29, 1.82) is 0 Å². The molecule has 0 bridgehead atoms. The third-order valence-electron chi connectivity index (χ3n) is 3.87. The molecule has 0 atom stereocenters. The number of phenols is 1. The van der Waals surface area contributed by atoms with E-state index in [2.05, 4.69) is 12.1 Å². The fraction of sp³-hybridized carbons (Fsp3) is 0. The van der Waals surface area contributed by atoms with Crippen molar-refractivity contribution in [2.75, 3.05) is 0 Å². The van der Waals surface area contributed by atoms with Gasteiger partial charge in [-0.05, 0) is 59.7 Å². The van der Waals surface area contributed by atoms with Crippen LogP contribution in [0.1, 0.15) is 0 Å². The summed E-state index contributed by atoms with van der Waals surface area (Å²) in [4.78, 5) is 4.73. The molecule has 0 aliphatic rings. The van der Waals surface area contributed by atoms with Crippen molar-refractivity contribution in [1.82, 2.24) is 4.98 Å². The summed E-state index contributed by atoms with van der Waals surface area (Å²) in [5.41, 5.74) is 4.75. The molecule has 3 nitrogen and oxygen atoms in total. The lowest BCUT2D eigenvalue weighted by molar-refractivity contribution is 0.475. The summed E-state index contributed by atoms with van der Waals surface area (Å²) in [6.07, 6.45) is 1.65. The van der Waals surface area contributed by atoms with Crippen LogP contribution in [0, 0.1) is 0 Å². The number of hydrogen-bond acceptors (Lipinski definition) is 3. The molecular weight excluding hydrogens is 298 g/mol. The molecule has 4 rings (SSSR count). The first-order valence-corrected chi connectivity index (χ1v) is 7.70. The van der Waals surface area contributed by atoms with Crippen molar-refractivity contribution in [3.63, 3.8) is 0 Å². The Morgan fingerprint density at radius 1 is 0.667 bits per heavy atom. The summed E-state index contributed by atoms with van der Waals surface area (Å²) < 4.78 is 5.52. The van der Waals surface area contributed by atoms with Crippen molar-refractivity contribution < 1.29 is 9.52 Å². The zero-order chi connectivity index (χ0) is 16.4. The fourth-order valence-electron chi connectivity index (χ4n) is 2.66. The average Bonchev–Trinajstić information content (AvgIpc) is 3.17. The SMILES string of the molecule is Oc1ccc(-c2cc(-c3ccccc3)cc(-c3ccco3)n2)cc1. The van der Waals surface area contributed by atoms with E-state index in [1.54, 1.807) is 18.4 Å². The van der Waals surface area contributed by atoms with Gasteiger partial charge in [-0.2, -0.15) is 0 Å². The van der Waals surface area contributed by atoms with Gasteiger partial charge in [-0.1, -0.05) is 30.3 Å². The maximum absolute atomic E-state index is 9.51. The number of furan rings is 1. The number of benzene rings is 2. The number of aromatic hydroxyl groups is 1. The molecule has 0 radical (unpaired) electrons. The van der Waals surface area contributed by atoms with Crippen LogP contribution in [-0.2, 0) is 0 Å². The maximum Gasteiger partial charge on any atom is 0.152 e. The molecule has 0 aliphatic heterocycles. The summed E-state index contributed by atoms with van der Waals surface area (Å²) >= 11 is 0. The molecule has 0 saturated heterocycles. The largest absolute Gasteiger partial charge is 0.508 e. The predicted molar refractivity (Wildman–Crippen MR) is 94.5 cm³/mol. The van der Waals surface area contributed by atoms with Gasteiger partial charge < -0.3 is 9.52 Å². The Hall–Kier alpha value is -3.33. The smallest absolute Gasteiger partial charge is 0.152 e. The number of aromatic nitrogens is 1. The number of nitrogens with zero attached hydrogens (tertiary/aromatic N) is 1. The van der Waals surface area contributed by atoms with Crippen molar-refractivity contribution in [3.8, 4) is 39.6 Å². The van der Waals surface area contributed by atoms with Crippen LogP contribution in [0.15, 0.2) is 89.5 Å². The first-order chi connectivity index (χ1) is 11.8. The Labute approximate surface area is 139 Å². The first-order valence-electron chi connectivity index (χ1n) is 7.70. The monoisotopic (exact) mass is 313 g/mol. The molecule has 4 aromatic rings. The summed E-state index contributed by atoms with van der Waals surface area (Å²) in [7, 11) is 0. The topological polar surface area (TPSA) is 46.3 Å². The summed E-state index contributed by atoms with van der Waals surface area (Å²) in [5.74, 6) is 0.969. The van der Waals surface area contributed by atoms with E-state index in [0.717, 1.165) is 33.8 Å². The van der Waals surface area contributed by atoms with Gasteiger partial charge in [-0.15, -0.1) is 0 Å². The number of hydrogen-bond donors (Lipinski definition) is 1. The highest BCUT2D eigenvalue weighted by molar-refractivity contribution is 5.75. The molecule has 0 amide bonds. The van der Waals surface area contributed by atoms with E-state index < -0.39 is 0 Å².